The molecule has 0 unspecified atom stereocenters. The standard InChI is InChI=1S/C22H22N4O3S/c1-13-19(14(2)29-26-13)12-30-22-18(4-3-11-23-22)21(28)25-17-9-7-16(8-10-17)24-20(27)15-5-6-15/h3-4,7-11,15H,5-6,12H2,1-2H3,(H,24,27)(H,25,28). The van der Waals surface area contributed by atoms with Crippen molar-refractivity contribution in [2.75, 3.05) is 10.6 Å². The number of hydrogen-bond donors (Lipinski definition) is 2. The molecule has 1 aliphatic carbocycles. The van der Waals surface area contributed by atoms with Crippen LogP contribution < -0.4 is 10.6 Å². The van der Waals surface area contributed by atoms with Gasteiger partial charge in [0.15, 0.2) is 0 Å². The van der Waals surface area contributed by atoms with Crippen LogP contribution in [0.25, 0.3) is 0 Å². The monoisotopic (exact) mass is 422 g/mol. The van der Waals surface area contributed by atoms with E-state index in [0.29, 0.717) is 22.0 Å². The van der Waals surface area contributed by atoms with Crippen LogP contribution in [-0.2, 0) is 10.5 Å². The number of anilines is 2. The number of rotatable bonds is 7. The molecule has 1 fully saturated rings. The van der Waals surface area contributed by atoms with Crippen molar-refractivity contribution in [3.8, 4) is 0 Å². The van der Waals surface area contributed by atoms with Crippen LogP contribution in [0.15, 0.2) is 52.1 Å². The molecule has 2 N–H and O–H groups in total. The van der Waals surface area contributed by atoms with Gasteiger partial charge in [-0.15, -0.1) is 11.8 Å². The summed E-state index contributed by atoms with van der Waals surface area (Å²) in [5.41, 5.74) is 3.73. The SMILES string of the molecule is Cc1noc(C)c1CSc1ncccc1C(=O)Nc1ccc(NC(=O)C2CC2)cc1. The largest absolute Gasteiger partial charge is 0.361 e. The van der Waals surface area contributed by atoms with E-state index in [1.165, 1.54) is 11.8 Å². The Balaban J connectivity index is 1.41. The Bertz CT molecular complexity index is 1050. The van der Waals surface area contributed by atoms with Gasteiger partial charge in [-0.1, -0.05) is 5.16 Å². The third-order valence-electron chi connectivity index (χ3n) is 4.91. The number of pyridine rings is 1. The maximum Gasteiger partial charge on any atom is 0.258 e. The first-order valence-corrected chi connectivity index (χ1v) is 10.7. The highest BCUT2D eigenvalue weighted by Crippen LogP contribution is 2.30. The van der Waals surface area contributed by atoms with E-state index in [4.69, 9.17) is 4.52 Å². The van der Waals surface area contributed by atoms with Crippen molar-refractivity contribution < 1.29 is 14.1 Å². The van der Waals surface area contributed by atoms with E-state index in [9.17, 15) is 9.59 Å². The smallest absolute Gasteiger partial charge is 0.258 e. The van der Waals surface area contributed by atoms with Crippen LogP contribution in [0.2, 0.25) is 0 Å². The average Bonchev–Trinajstić information content (AvgIpc) is 3.55. The maximum absolute atomic E-state index is 12.8. The van der Waals surface area contributed by atoms with Gasteiger partial charge in [0.1, 0.15) is 10.8 Å². The van der Waals surface area contributed by atoms with Crippen molar-refractivity contribution in [3.63, 3.8) is 0 Å². The van der Waals surface area contributed by atoms with Gasteiger partial charge >= 0.3 is 0 Å². The lowest BCUT2D eigenvalue weighted by Gasteiger charge is -2.10. The van der Waals surface area contributed by atoms with Crippen molar-refractivity contribution >= 4 is 35.0 Å². The molecule has 0 atom stereocenters. The summed E-state index contributed by atoms with van der Waals surface area (Å²) in [5, 5.41) is 10.4. The first kappa shape index (κ1) is 20.2. The van der Waals surface area contributed by atoms with Gasteiger partial charge in [-0.25, -0.2) is 4.98 Å². The third kappa shape index (κ3) is 4.71. The number of carbonyl (C=O) groups is 2. The van der Waals surface area contributed by atoms with Crippen LogP contribution in [0.1, 0.15) is 40.2 Å². The highest BCUT2D eigenvalue weighted by Gasteiger charge is 2.29. The molecule has 0 bridgehead atoms. The van der Waals surface area contributed by atoms with E-state index >= 15 is 0 Å². The summed E-state index contributed by atoms with van der Waals surface area (Å²) in [7, 11) is 0. The molecule has 1 saturated carbocycles. The Morgan fingerprint density at radius 1 is 1.10 bits per heavy atom. The predicted molar refractivity (Wildman–Crippen MR) is 116 cm³/mol. The quantitative estimate of drug-likeness (QED) is 0.541. The maximum atomic E-state index is 12.8. The van der Waals surface area contributed by atoms with Crippen molar-refractivity contribution in [1.29, 1.82) is 0 Å². The fourth-order valence-electron chi connectivity index (χ4n) is 2.95. The summed E-state index contributed by atoms with van der Waals surface area (Å²) in [5.74, 6) is 1.36. The zero-order valence-electron chi connectivity index (χ0n) is 16.8. The van der Waals surface area contributed by atoms with Crippen molar-refractivity contribution in [2.45, 2.75) is 37.5 Å². The molecule has 0 radical (unpaired) electrons. The van der Waals surface area contributed by atoms with Gasteiger partial charge in [0.2, 0.25) is 5.91 Å². The zero-order chi connectivity index (χ0) is 21.1. The summed E-state index contributed by atoms with van der Waals surface area (Å²) in [4.78, 5) is 29.0. The minimum Gasteiger partial charge on any atom is -0.361 e. The predicted octanol–water partition coefficient (Wildman–Crippen LogP) is 4.58. The van der Waals surface area contributed by atoms with Crippen LogP contribution in [-0.4, -0.2) is 22.0 Å². The number of aryl methyl sites for hydroxylation is 2. The lowest BCUT2D eigenvalue weighted by Crippen LogP contribution is -2.15. The van der Waals surface area contributed by atoms with Crippen molar-refractivity contribution in [2.24, 2.45) is 5.92 Å². The first-order valence-electron chi connectivity index (χ1n) is 9.73. The second-order valence-electron chi connectivity index (χ2n) is 7.24. The molecule has 3 aromatic rings. The van der Waals surface area contributed by atoms with Crippen molar-refractivity contribution in [1.82, 2.24) is 10.1 Å². The second kappa shape index (κ2) is 8.71. The highest BCUT2D eigenvalue weighted by molar-refractivity contribution is 7.98. The molecular weight excluding hydrogens is 400 g/mol. The number of nitrogens with one attached hydrogen (secondary N) is 2. The first-order chi connectivity index (χ1) is 14.5. The van der Waals surface area contributed by atoms with E-state index in [-0.39, 0.29) is 17.7 Å². The average molecular weight is 423 g/mol. The van der Waals surface area contributed by atoms with Gasteiger partial charge < -0.3 is 15.2 Å². The third-order valence-corrected chi connectivity index (χ3v) is 5.94. The summed E-state index contributed by atoms with van der Waals surface area (Å²) < 4.78 is 5.20. The molecule has 2 aromatic heterocycles. The topological polar surface area (TPSA) is 97.1 Å². The fraction of sp³-hybridized carbons (Fsp3) is 0.273. The minimum atomic E-state index is -0.237. The molecule has 0 aliphatic heterocycles. The summed E-state index contributed by atoms with van der Waals surface area (Å²) in [6.07, 6.45) is 3.59. The molecule has 2 amide bonds. The van der Waals surface area contributed by atoms with E-state index in [1.807, 2.05) is 13.8 Å². The van der Waals surface area contributed by atoms with Gasteiger partial charge in [-0.05, 0) is 63.1 Å². The van der Waals surface area contributed by atoms with Gasteiger partial charge in [0, 0.05) is 34.8 Å². The zero-order valence-corrected chi connectivity index (χ0v) is 17.6. The Kier molecular flexibility index (Phi) is 5.85. The molecule has 4 rings (SSSR count). The number of aromatic nitrogens is 2. The fourth-order valence-corrected chi connectivity index (χ4v) is 4.10. The van der Waals surface area contributed by atoms with Crippen molar-refractivity contribution in [3.05, 3.63) is 65.2 Å². The van der Waals surface area contributed by atoms with E-state index in [0.717, 1.165) is 35.5 Å². The molecule has 1 aromatic carbocycles. The summed E-state index contributed by atoms with van der Waals surface area (Å²) in [6.45, 7) is 3.77. The number of carbonyl (C=O) groups excluding carboxylic acids is 2. The number of nitrogens with zero attached hydrogens (tertiary/aromatic N) is 2. The number of hydrogen-bond acceptors (Lipinski definition) is 6. The lowest BCUT2D eigenvalue weighted by atomic mass is 10.2. The van der Waals surface area contributed by atoms with Gasteiger partial charge in [-0.3, -0.25) is 9.59 Å². The van der Waals surface area contributed by atoms with Gasteiger partial charge in [0.05, 0.1) is 11.3 Å². The molecule has 30 heavy (non-hydrogen) atoms. The number of amides is 2. The van der Waals surface area contributed by atoms with Crippen LogP contribution in [0.4, 0.5) is 11.4 Å². The second-order valence-corrected chi connectivity index (χ2v) is 8.21. The normalized spacial score (nSPS) is 13.1. The van der Waals surface area contributed by atoms with E-state index in [2.05, 4.69) is 20.8 Å². The molecule has 7 nitrogen and oxygen atoms in total. The Hall–Kier alpha value is -3.13. The molecule has 0 saturated heterocycles. The molecule has 0 spiro atoms. The Labute approximate surface area is 178 Å². The minimum absolute atomic E-state index is 0.0575. The van der Waals surface area contributed by atoms with E-state index < -0.39 is 0 Å². The lowest BCUT2D eigenvalue weighted by molar-refractivity contribution is -0.117. The van der Waals surface area contributed by atoms with Gasteiger partial charge in [-0.2, -0.15) is 0 Å². The van der Waals surface area contributed by atoms with Crippen LogP contribution in [0.3, 0.4) is 0 Å². The van der Waals surface area contributed by atoms with Crippen LogP contribution in [0, 0.1) is 19.8 Å². The number of benzene rings is 1. The molecule has 2 heterocycles. The summed E-state index contributed by atoms with van der Waals surface area (Å²) >= 11 is 1.47. The highest BCUT2D eigenvalue weighted by atomic mass is 32.2. The van der Waals surface area contributed by atoms with Crippen LogP contribution >= 0.6 is 11.8 Å². The van der Waals surface area contributed by atoms with E-state index in [1.54, 1.807) is 42.6 Å². The Morgan fingerprint density at radius 3 is 2.43 bits per heavy atom. The molecule has 8 heteroatoms. The number of thioether (sulfide) groups is 1. The molecular formula is C22H22N4O3S. The van der Waals surface area contributed by atoms with Crippen LogP contribution in [0.5, 0.6) is 0 Å². The van der Waals surface area contributed by atoms with Gasteiger partial charge in [0.25, 0.3) is 5.91 Å². The molecule has 1 aliphatic rings. The summed E-state index contributed by atoms with van der Waals surface area (Å²) in [6, 6.07) is 10.6. The molecule has 154 valence electrons. The Morgan fingerprint density at radius 2 is 1.80 bits per heavy atom.